The smallest absolute Gasteiger partial charge is 0.306 e. The van der Waals surface area contributed by atoms with E-state index in [1.807, 2.05) is 0 Å². The largest absolute Gasteiger partial charge is 0.364 e. The molecule has 76 valence electrons. The summed E-state index contributed by atoms with van der Waals surface area (Å²) in [5.74, 6) is -2.66. The predicted molar refractivity (Wildman–Crippen MR) is 49.0 cm³/mol. The van der Waals surface area contributed by atoms with Gasteiger partial charge in [0.15, 0.2) is 5.01 Å². The molecule has 1 rings (SSSR count). The zero-order valence-electron chi connectivity index (χ0n) is 6.97. The maximum absolute atomic E-state index is 10.2. The van der Waals surface area contributed by atoms with Crippen LogP contribution in [0.25, 0.3) is 0 Å². The van der Waals surface area contributed by atoms with E-state index >= 15 is 0 Å². The Hall–Kier alpha value is -1.96. The Labute approximate surface area is 82.9 Å². The van der Waals surface area contributed by atoms with E-state index in [-0.39, 0.29) is 0 Å². The van der Waals surface area contributed by atoms with Gasteiger partial charge in [-0.25, -0.2) is 4.98 Å². The number of primary amides is 3. The number of aromatic nitrogens is 1. The number of carbonyl (C=O) groups is 3. The average Bonchev–Trinajstić information content (AvgIpc) is 2.56. The molecule has 1 aromatic rings. The monoisotopic (exact) mass is 216 g/mol. The summed E-state index contributed by atoms with van der Waals surface area (Å²) >= 11 is 1.25. The van der Waals surface area contributed by atoms with Gasteiger partial charge in [0.05, 0.1) is 0 Å². The van der Waals surface area contributed by atoms with Gasteiger partial charge in [0.2, 0.25) is 0 Å². The third kappa shape index (κ3) is 4.83. The quantitative estimate of drug-likeness (QED) is 0.476. The van der Waals surface area contributed by atoms with Gasteiger partial charge in [0, 0.05) is 11.6 Å². The summed E-state index contributed by atoms with van der Waals surface area (Å²) in [5, 5.41) is 2.07. The van der Waals surface area contributed by atoms with Gasteiger partial charge in [-0.1, -0.05) is 0 Å². The fourth-order valence-corrected chi connectivity index (χ4v) is 0.834. The van der Waals surface area contributed by atoms with Crippen molar-refractivity contribution >= 4 is 29.1 Å². The second-order valence-corrected chi connectivity index (χ2v) is 2.82. The molecule has 8 heteroatoms. The summed E-state index contributed by atoms with van der Waals surface area (Å²) in [7, 11) is 0. The summed E-state index contributed by atoms with van der Waals surface area (Å²) < 4.78 is 0. The zero-order valence-corrected chi connectivity index (χ0v) is 7.78. The van der Waals surface area contributed by atoms with Gasteiger partial charge in [0.25, 0.3) is 5.91 Å². The molecule has 3 amide bonds. The predicted octanol–water partition coefficient (Wildman–Crippen LogP) is -1.80. The molecule has 0 aromatic carbocycles. The molecule has 0 saturated heterocycles. The fourth-order valence-electron chi connectivity index (χ4n) is 0.345. The molecule has 0 saturated carbocycles. The molecule has 0 bridgehead atoms. The van der Waals surface area contributed by atoms with E-state index in [0.717, 1.165) is 0 Å². The van der Waals surface area contributed by atoms with Crippen LogP contribution in [0, 0.1) is 0 Å². The Kier molecular flexibility index (Phi) is 4.86. The molecule has 1 aromatic heterocycles. The van der Waals surface area contributed by atoms with Crippen molar-refractivity contribution in [1.82, 2.24) is 4.98 Å². The fraction of sp³-hybridized carbons (Fsp3) is 0. The number of carbonyl (C=O) groups excluding carboxylic acids is 3. The van der Waals surface area contributed by atoms with Crippen LogP contribution in [-0.2, 0) is 9.59 Å². The van der Waals surface area contributed by atoms with Crippen LogP contribution in [0.5, 0.6) is 0 Å². The summed E-state index contributed by atoms with van der Waals surface area (Å²) in [6.45, 7) is 0. The van der Waals surface area contributed by atoms with Gasteiger partial charge in [-0.2, -0.15) is 0 Å². The van der Waals surface area contributed by atoms with Crippen LogP contribution in [0.1, 0.15) is 9.80 Å². The van der Waals surface area contributed by atoms with E-state index in [0.29, 0.717) is 5.01 Å². The maximum Gasteiger partial charge on any atom is 0.306 e. The second-order valence-electron chi connectivity index (χ2n) is 1.93. The van der Waals surface area contributed by atoms with E-state index in [4.69, 9.17) is 5.73 Å². The third-order valence-electron chi connectivity index (χ3n) is 0.886. The summed E-state index contributed by atoms with van der Waals surface area (Å²) in [5.41, 5.74) is 13.5. The van der Waals surface area contributed by atoms with Crippen LogP contribution in [0.3, 0.4) is 0 Å². The van der Waals surface area contributed by atoms with E-state index in [1.165, 1.54) is 11.3 Å². The third-order valence-corrected chi connectivity index (χ3v) is 1.67. The Morgan fingerprint density at radius 3 is 1.79 bits per heavy atom. The van der Waals surface area contributed by atoms with Crippen LogP contribution < -0.4 is 17.2 Å². The molecule has 0 atom stereocenters. The highest BCUT2D eigenvalue weighted by atomic mass is 32.1. The first-order chi connectivity index (χ1) is 6.45. The van der Waals surface area contributed by atoms with Gasteiger partial charge in [0.1, 0.15) is 0 Å². The minimum atomic E-state index is -1.10. The average molecular weight is 216 g/mol. The normalized spacial score (nSPS) is 8.29. The van der Waals surface area contributed by atoms with Crippen molar-refractivity contribution in [1.29, 1.82) is 0 Å². The number of hydrogen-bond donors (Lipinski definition) is 3. The minimum absolute atomic E-state index is 0.366. The molecule has 14 heavy (non-hydrogen) atoms. The van der Waals surface area contributed by atoms with Crippen LogP contribution in [0.4, 0.5) is 0 Å². The lowest BCUT2D eigenvalue weighted by Gasteiger charge is -1.78. The van der Waals surface area contributed by atoms with E-state index in [1.54, 1.807) is 11.6 Å². The minimum Gasteiger partial charge on any atom is -0.364 e. The number of thiazole rings is 1. The highest BCUT2D eigenvalue weighted by Gasteiger charge is 1.98. The lowest BCUT2D eigenvalue weighted by Crippen LogP contribution is -2.29. The van der Waals surface area contributed by atoms with Gasteiger partial charge in [-0.05, 0) is 0 Å². The Morgan fingerprint density at radius 2 is 1.64 bits per heavy atom. The molecule has 0 aliphatic heterocycles. The SMILES string of the molecule is NC(=O)C(N)=O.NC(=O)c1nccs1. The Balaban J connectivity index is 0.000000255. The molecule has 0 radical (unpaired) electrons. The maximum atomic E-state index is 10.2. The highest BCUT2D eigenvalue weighted by molar-refractivity contribution is 7.11. The Morgan fingerprint density at radius 1 is 1.14 bits per heavy atom. The number of nitrogens with zero attached hydrogens (tertiary/aromatic N) is 1. The van der Waals surface area contributed by atoms with Gasteiger partial charge < -0.3 is 17.2 Å². The molecule has 6 N–H and O–H groups in total. The van der Waals surface area contributed by atoms with E-state index in [9.17, 15) is 14.4 Å². The van der Waals surface area contributed by atoms with Gasteiger partial charge in [-0.3, -0.25) is 14.4 Å². The molecular weight excluding hydrogens is 208 g/mol. The lowest BCUT2D eigenvalue weighted by atomic mass is 10.6. The van der Waals surface area contributed by atoms with E-state index < -0.39 is 17.7 Å². The van der Waals surface area contributed by atoms with Gasteiger partial charge >= 0.3 is 11.8 Å². The van der Waals surface area contributed by atoms with Crippen LogP contribution in [-0.4, -0.2) is 22.7 Å². The van der Waals surface area contributed by atoms with Crippen LogP contribution >= 0.6 is 11.3 Å². The van der Waals surface area contributed by atoms with E-state index in [2.05, 4.69) is 16.5 Å². The van der Waals surface area contributed by atoms with Gasteiger partial charge in [-0.15, -0.1) is 11.3 Å². The molecule has 7 nitrogen and oxygen atoms in total. The van der Waals surface area contributed by atoms with Crippen molar-refractivity contribution in [2.24, 2.45) is 17.2 Å². The summed E-state index contributed by atoms with van der Waals surface area (Å²) in [6, 6.07) is 0. The van der Waals surface area contributed by atoms with Crippen molar-refractivity contribution < 1.29 is 14.4 Å². The summed E-state index contributed by atoms with van der Waals surface area (Å²) in [6.07, 6.45) is 1.55. The number of amides is 3. The molecule has 0 aliphatic rings. The van der Waals surface area contributed by atoms with Crippen molar-refractivity contribution in [3.8, 4) is 0 Å². The standard InChI is InChI=1S/C4H4N2OS.C2H4N2O2/c5-3(7)4-6-1-2-8-4;3-1(5)2(4)6/h1-2H,(H2,5,7);(H2,3,5)(H2,4,6). The lowest BCUT2D eigenvalue weighted by molar-refractivity contribution is -0.135. The number of rotatable bonds is 1. The summed E-state index contributed by atoms with van der Waals surface area (Å²) in [4.78, 5) is 32.8. The molecule has 0 spiro atoms. The van der Waals surface area contributed by atoms with Crippen molar-refractivity contribution in [2.75, 3.05) is 0 Å². The number of hydrogen-bond acceptors (Lipinski definition) is 5. The molecule has 1 heterocycles. The van der Waals surface area contributed by atoms with Crippen molar-refractivity contribution in [2.45, 2.75) is 0 Å². The first kappa shape index (κ1) is 12.0. The van der Waals surface area contributed by atoms with Crippen molar-refractivity contribution in [3.05, 3.63) is 16.6 Å². The molecule has 0 aliphatic carbocycles. The zero-order chi connectivity index (χ0) is 11.1. The topological polar surface area (TPSA) is 142 Å². The second kappa shape index (κ2) is 5.65. The Bertz CT molecular complexity index is 323. The first-order valence-corrected chi connectivity index (χ1v) is 4.11. The molecular formula is C6H8N4O3S. The van der Waals surface area contributed by atoms with Crippen LogP contribution in [0.15, 0.2) is 11.6 Å². The van der Waals surface area contributed by atoms with Crippen molar-refractivity contribution in [3.63, 3.8) is 0 Å². The molecule has 0 unspecified atom stereocenters. The van der Waals surface area contributed by atoms with Crippen LogP contribution in [0.2, 0.25) is 0 Å². The first-order valence-electron chi connectivity index (χ1n) is 3.23. The molecule has 0 fully saturated rings. The number of nitrogens with two attached hydrogens (primary N) is 3. The highest BCUT2D eigenvalue weighted by Crippen LogP contribution is 2.00.